The minimum Gasteiger partial charge on any atom is -0.392 e. The molecule has 0 aliphatic carbocycles. The number of benzene rings is 1. The van der Waals surface area contributed by atoms with E-state index in [4.69, 9.17) is 11.6 Å². The molecule has 18 heavy (non-hydrogen) atoms. The van der Waals surface area contributed by atoms with Crippen LogP contribution in [0, 0.1) is 11.7 Å². The van der Waals surface area contributed by atoms with Crippen LogP contribution in [0.1, 0.15) is 45.1 Å². The van der Waals surface area contributed by atoms with Gasteiger partial charge in [0, 0.05) is 0 Å². The molecule has 1 N–H and O–H groups in total. The van der Waals surface area contributed by atoms with Gasteiger partial charge in [0.25, 0.3) is 0 Å². The van der Waals surface area contributed by atoms with E-state index in [1.165, 1.54) is 6.07 Å². The molecule has 0 saturated heterocycles. The number of hydrogen-bond acceptors (Lipinski definition) is 1. The van der Waals surface area contributed by atoms with Crippen LogP contribution in [0.5, 0.6) is 0 Å². The maximum absolute atomic E-state index is 13.3. The van der Waals surface area contributed by atoms with E-state index in [0.29, 0.717) is 12.3 Å². The van der Waals surface area contributed by atoms with E-state index >= 15 is 0 Å². The van der Waals surface area contributed by atoms with Crippen molar-refractivity contribution in [2.24, 2.45) is 5.92 Å². The molecule has 1 aromatic rings. The largest absolute Gasteiger partial charge is 0.392 e. The first-order valence-corrected chi connectivity index (χ1v) is 7.08. The Morgan fingerprint density at radius 1 is 1.33 bits per heavy atom. The Labute approximate surface area is 114 Å². The summed E-state index contributed by atoms with van der Waals surface area (Å²) in [6.07, 6.45) is 4.35. The third kappa shape index (κ3) is 4.58. The Bertz CT molecular complexity index is 368. The monoisotopic (exact) mass is 272 g/mol. The zero-order valence-corrected chi connectivity index (χ0v) is 11.9. The molecule has 0 aromatic heterocycles. The van der Waals surface area contributed by atoms with Crippen LogP contribution in [-0.4, -0.2) is 11.2 Å². The van der Waals surface area contributed by atoms with Crippen molar-refractivity contribution in [1.82, 2.24) is 0 Å². The van der Waals surface area contributed by atoms with Crippen LogP contribution in [0.15, 0.2) is 18.2 Å². The van der Waals surface area contributed by atoms with Gasteiger partial charge in [-0.2, -0.15) is 0 Å². The fraction of sp³-hybridized carbons (Fsp3) is 0.600. The average molecular weight is 273 g/mol. The average Bonchev–Trinajstić information content (AvgIpc) is 2.35. The predicted octanol–water partition coefficient (Wildman–Crippen LogP) is 4.60. The minimum atomic E-state index is -0.414. The Morgan fingerprint density at radius 3 is 2.61 bits per heavy atom. The lowest BCUT2D eigenvalue weighted by atomic mass is 9.89. The van der Waals surface area contributed by atoms with Crippen molar-refractivity contribution in [3.05, 3.63) is 34.6 Å². The molecular weight excluding hydrogens is 251 g/mol. The molecule has 1 rings (SSSR count). The SMILES string of the molecule is CCCCC(CC)C(O)Cc1ccc(Cl)c(F)c1. The summed E-state index contributed by atoms with van der Waals surface area (Å²) in [6, 6.07) is 4.74. The summed E-state index contributed by atoms with van der Waals surface area (Å²) >= 11 is 5.64. The van der Waals surface area contributed by atoms with Crippen molar-refractivity contribution >= 4 is 11.6 Å². The van der Waals surface area contributed by atoms with Gasteiger partial charge in [0.05, 0.1) is 11.1 Å². The number of rotatable bonds is 7. The molecular formula is C15H22ClFO. The van der Waals surface area contributed by atoms with Crippen LogP contribution in [0.4, 0.5) is 4.39 Å². The summed E-state index contributed by atoms with van der Waals surface area (Å²) in [7, 11) is 0. The lowest BCUT2D eigenvalue weighted by Gasteiger charge is -2.21. The van der Waals surface area contributed by atoms with Gasteiger partial charge in [-0.3, -0.25) is 0 Å². The first-order valence-electron chi connectivity index (χ1n) is 6.70. The smallest absolute Gasteiger partial charge is 0.142 e. The summed E-state index contributed by atoms with van der Waals surface area (Å²) < 4.78 is 13.3. The van der Waals surface area contributed by atoms with E-state index in [-0.39, 0.29) is 5.02 Å². The number of hydrogen-bond donors (Lipinski definition) is 1. The van der Waals surface area contributed by atoms with Crippen molar-refractivity contribution in [1.29, 1.82) is 0 Å². The van der Waals surface area contributed by atoms with Crippen molar-refractivity contribution in [2.75, 3.05) is 0 Å². The number of unbranched alkanes of at least 4 members (excludes halogenated alkanes) is 1. The molecule has 2 atom stereocenters. The van der Waals surface area contributed by atoms with E-state index in [1.807, 2.05) is 0 Å². The maximum Gasteiger partial charge on any atom is 0.142 e. The van der Waals surface area contributed by atoms with Gasteiger partial charge in [-0.15, -0.1) is 0 Å². The molecule has 0 aliphatic heterocycles. The van der Waals surface area contributed by atoms with Gasteiger partial charge in [-0.1, -0.05) is 50.8 Å². The molecule has 2 unspecified atom stereocenters. The Hall–Kier alpha value is -0.600. The molecule has 0 heterocycles. The lowest BCUT2D eigenvalue weighted by molar-refractivity contribution is 0.0987. The van der Waals surface area contributed by atoms with Gasteiger partial charge in [-0.25, -0.2) is 4.39 Å². The third-order valence-electron chi connectivity index (χ3n) is 3.43. The van der Waals surface area contributed by atoms with Crippen LogP contribution in [0.3, 0.4) is 0 Å². The van der Waals surface area contributed by atoms with Gasteiger partial charge >= 0.3 is 0 Å². The molecule has 0 bridgehead atoms. The van der Waals surface area contributed by atoms with E-state index < -0.39 is 11.9 Å². The van der Waals surface area contributed by atoms with Crippen LogP contribution < -0.4 is 0 Å². The van der Waals surface area contributed by atoms with Crippen LogP contribution in [-0.2, 0) is 6.42 Å². The van der Waals surface area contributed by atoms with Crippen LogP contribution >= 0.6 is 11.6 Å². The highest BCUT2D eigenvalue weighted by atomic mass is 35.5. The lowest BCUT2D eigenvalue weighted by Crippen LogP contribution is -2.22. The first kappa shape index (κ1) is 15.5. The summed E-state index contributed by atoms with van der Waals surface area (Å²) in [5.41, 5.74) is 0.805. The fourth-order valence-corrected chi connectivity index (χ4v) is 2.33. The zero-order valence-electron chi connectivity index (χ0n) is 11.1. The summed E-state index contributed by atoms with van der Waals surface area (Å²) in [4.78, 5) is 0. The molecule has 0 fully saturated rings. The summed E-state index contributed by atoms with van der Waals surface area (Å²) in [5.74, 6) is -0.119. The quantitative estimate of drug-likeness (QED) is 0.769. The molecule has 0 radical (unpaired) electrons. The van der Waals surface area contributed by atoms with E-state index in [0.717, 1.165) is 31.2 Å². The second-order valence-corrected chi connectivity index (χ2v) is 5.24. The number of aliphatic hydroxyl groups excluding tert-OH is 1. The van der Waals surface area contributed by atoms with Crippen molar-refractivity contribution in [3.8, 4) is 0 Å². The highest BCUT2D eigenvalue weighted by Gasteiger charge is 2.17. The van der Waals surface area contributed by atoms with Crippen LogP contribution in [0.2, 0.25) is 5.02 Å². The molecule has 0 amide bonds. The normalized spacial score (nSPS) is 14.5. The first-order chi connectivity index (χ1) is 8.58. The number of aliphatic hydroxyl groups is 1. The van der Waals surface area contributed by atoms with Gasteiger partial charge in [0.2, 0.25) is 0 Å². The van der Waals surface area contributed by atoms with Gasteiger partial charge in [-0.05, 0) is 36.5 Å². The summed E-state index contributed by atoms with van der Waals surface area (Å²) in [5, 5.41) is 10.3. The fourth-order valence-electron chi connectivity index (χ4n) is 2.21. The third-order valence-corrected chi connectivity index (χ3v) is 3.73. The van der Waals surface area contributed by atoms with Gasteiger partial charge < -0.3 is 5.11 Å². The standard InChI is InChI=1S/C15H22ClFO/c1-3-5-6-12(4-2)15(18)10-11-7-8-13(16)14(17)9-11/h7-9,12,15,18H,3-6,10H2,1-2H3. The Balaban J connectivity index is 2.61. The highest BCUT2D eigenvalue weighted by molar-refractivity contribution is 6.30. The van der Waals surface area contributed by atoms with E-state index in [2.05, 4.69) is 13.8 Å². The van der Waals surface area contributed by atoms with Crippen molar-refractivity contribution in [2.45, 2.75) is 52.1 Å². The Kier molecular flexibility index (Phi) is 6.66. The molecule has 1 nitrogen and oxygen atoms in total. The van der Waals surface area contributed by atoms with Crippen molar-refractivity contribution in [3.63, 3.8) is 0 Å². The van der Waals surface area contributed by atoms with Crippen molar-refractivity contribution < 1.29 is 9.50 Å². The highest BCUT2D eigenvalue weighted by Crippen LogP contribution is 2.22. The zero-order chi connectivity index (χ0) is 13.5. The van der Waals surface area contributed by atoms with E-state index in [1.54, 1.807) is 12.1 Å². The molecule has 1 aromatic carbocycles. The van der Waals surface area contributed by atoms with Gasteiger partial charge in [0.15, 0.2) is 0 Å². The van der Waals surface area contributed by atoms with E-state index in [9.17, 15) is 9.50 Å². The molecule has 102 valence electrons. The van der Waals surface area contributed by atoms with Crippen LogP contribution in [0.25, 0.3) is 0 Å². The molecule has 3 heteroatoms. The Morgan fingerprint density at radius 2 is 2.06 bits per heavy atom. The topological polar surface area (TPSA) is 20.2 Å². The molecule has 0 spiro atoms. The van der Waals surface area contributed by atoms with Gasteiger partial charge in [0.1, 0.15) is 5.82 Å². The maximum atomic E-state index is 13.3. The molecule has 0 aliphatic rings. The minimum absolute atomic E-state index is 0.131. The number of halogens is 2. The summed E-state index contributed by atoms with van der Waals surface area (Å²) in [6.45, 7) is 4.24. The molecule has 0 saturated carbocycles. The second kappa shape index (κ2) is 7.75. The predicted molar refractivity (Wildman–Crippen MR) is 74.4 cm³/mol. The second-order valence-electron chi connectivity index (χ2n) is 4.83.